The van der Waals surface area contributed by atoms with Gasteiger partial charge in [-0.05, 0) is 43.0 Å². The summed E-state index contributed by atoms with van der Waals surface area (Å²) < 4.78 is 0. The molecular formula is C14H18N2O2. The van der Waals surface area contributed by atoms with Gasteiger partial charge in [0.05, 0.1) is 0 Å². The Kier molecular flexibility index (Phi) is 4.23. The summed E-state index contributed by atoms with van der Waals surface area (Å²) in [7, 11) is 0. The molecule has 1 aromatic heterocycles. The quantitative estimate of drug-likeness (QED) is 0.775. The molecule has 0 aromatic carbocycles. The average Bonchev–Trinajstić information content (AvgIpc) is 2.40. The minimum atomic E-state index is -0.962. The highest BCUT2D eigenvalue weighted by molar-refractivity contribution is 5.63. The van der Waals surface area contributed by atoms with Gasteiger partial charge in [-0.15, -0.1) is 0 Å². The molecule has 0 radical (unpaired) electrons. The number of aliphatic imine (C=N–C) groups is 1. The topological polar surface area (TPSA) is 65.7 Å². The molecule has 96 valence electrons. The van der Waals surface area contributed by atoms with E-state index in [9.17, 15) is 5.11 Å². The molecule has 0 bridgehead atoms. The number of aliphatic hydroxyl groups excluding tert-OH is 1. The summed E-state index contributed by atoms with van der Waals surface area (Å²) in [6.45, 7) is 0.211. The summed E-state index contributed by atoms with van der Waals surface area (Å²) in [5.41, 5.74) is 0.834. The van der Waals surface area contributed by atoms with E-state index in [0.717, 1.165) is 30.5 Å². The molecular weight excluding hydrogens is 228 g/mol. The van der Waals surface area contributed by atoms with Crippen molar-refractivity contribution in [2.45, 2.75) is 31.3 Å². The van der Waals surface area contributed by atoms with Gasteiger partial charge < -0.3 is 10.2 Å². The first-order valence-corrected chi connectivity index (χ1v) is 6.22. The highest BCUT2D eigenvalue weighted by Gasteiger charge is 2.26. The Balaban J connectivity index is 2.11. The van der Waals surface area contributed by atoms with Crippen molar-refractivity contribution in [2.75, 3.05) is 6.61 Å². The lowest BCUT2D eigenvalue weighted by Gasteiger charge is -2.25. The normalized spacial score (nSPS) is 22.3. The Morgan fingerprint density at radius 2 is 2.22 bits per heavy atom. The number of aromatic nitrogens is 1. The number of pyridine rings is 1. The van der Waals surface area contributed by atoms with Crippen LogP contribution in [0.3, 0.4) is 0 Å². The lowest BCUT2D eigenvalue weighted by molar-refractivity contribution is 0.0972. The Morgan fingerprint density at radius 3 is 2.94 bits per heavy atom. The maximum absolute atomic E-state index is 10.5. The van der Waals surface area contributed by atoms with Gasteiger partial charge in [0.15, 0.2) is 0 Å². The Bertz CT molecular complexity index is 457. The van der Waals surface area contributed by atoms with Crippen molar-refractivity contribution in [3.63, 3.8) is 0 Å². The Labute approximate surface area is 107 Å². The lowest BCUT2D eigenvalue weighted by Crippen LogP contribution is -2.25. The van der Waals surface area contributed by atoms with Crippen LogP contribution in [0.2, 0.25) is 0 Å². The summed E-state index contributed by atoms with van der Waals surface area (Å²) in [6.07, 6.45) is 9.76. The second kappa shape index (κ2) is 5.89. The van der Waals surface area contributed by atoms with E-state index in [1.807, 2.05) is 12.1 Å². The van der Waals surface area contributed by atoms with E-state index in [1.165, 1.54) is 0 Å². The molecule has 1 aromatic rings. The fourth-order valence-corrected chi connectivity index (χ4v) is 2.00. The predicted octanol–water partition coefficient (Wildman–Crippen LogP) is 1.57. The second-order valence-electron chi connectivity index (χ2n) is 4.49. The van der Waals surface area contributed by atoms with Gasteiger partial charge in [0.25, 0.3) is 0 Å². The number of unbranched alkanes of at least 4 members (excludes halogenated alkanes) is 1. The molecule has 2 heterocycles. The molecule has 2 N–H and O–H groups in total. The third-order valence-electron chi connectivity index (χ3n) is 3.10. The predicted molar refractivity (Wildman–Crippen MR) is 70.4 cm³/mol. The van der Waals surface area contributed by atoms with Crippen molar-refractivity contribution in [1.29, 1.82) is 0 Å². The third-order valence-corrected chi connectivity index (χ3v) is 3.10. The molecule has 18 heavy (non-hydrogen) atoms. The van der Waals surface area contributed by atoms with Crippen LogP contribution in [0.1, 0.15) is 30.5 Å². The van der Waals surface area contributed by atoms with Gasteiger partial charge in [0.2, 0.25) is 0 Å². The van der Waals surface area contributed by atoms with Crippen LogP contribution < -0.4 is 0 Å². The van der Waals surface area contributed by atoms with E-state index in [1.54, 1.807) is 24.7 Å². The second-order valence-corrected chi connectivity index (χ2v) is 4.49. The lowest BCUT2D eigenvalue weighted by atomic mass is 9.90. The van der Waals surface area contributed by atoms with Crippen LogP contribution in [-0.2, 0) is 12.0 Å². The van der Waals surface area contributed by atoms with Crippen LogP contribution in [0.15, 0.2) is 35.6 Å². The number of aliphatic hydroxyl groups is 2. The molecule has 1 unspecified atom stereocenters. The molecule has 0 saturated heterocycles. The molecule has 0 aliphatic carbocycles. The fourth-order valence-electron chi connectivity index (χ4n) is 2.00. The van der Waals surface area contributed by atoms with Gasteiger partial charge >= 0.3 is 0 Å². The van der Waals surface area contributed by atoms with Crippen molar-refractivity contribution < 1.29 is 10.2 Å². The molecule has 4 heteroatoms. The monoisotopic (exact) mass is 246 g/mol. The molecule has 0 spiro atoms. The number of hydrogen-bond acceptors (Lipinski definition) is 4. The van der Waals surface area contributed by atoms with Gasteiger partial charge in [-0.2, -0.15) is 0 Å². The summed E-state index contributed by atoms with van der Waals surface area (Å²) in [5.74, 6) is 0. The van der Waals surface area contributed by atoms with Crippen molar-refractivity contribution in [3.8, 4) is 0 Å². The maximum Gasteiger partial charge on any atom is 0.115 e. The van der Waals surface area contributed by atoms with Gasteiger partial charge in [-0.25, -0.2) is 0 Å². The summed E-state index contributed by atoms with van der Waals surface area (Å²) in [5, 5.41) is 19.3. The van der Waals surface area contributed by atoms with E-state index >= 15 is 0 Å². The van der Waals surface area contributed by atoms with Gasteiger partial charge in [-0.3, -0.25) is 9.98 Å². The van der Waals surface area contributed by atoms with Crippen LogP contribution >= 0.6 is 0 Å². The van der Waals surface area contributed by atoms with Crippen molar-refractivity contribution in [1.82, 2.24) is 4.98 Å². The van der Waals surface area contributed by atoms with Gasteiger partial charge in [0.1, 0.15) is 5.60 Å². The van der Waals surface area contributed by atoms with E-state index in [2.05, 4.69) is 9.98 Å². The van der Waals surface area contributed by atoms with Crippen LogP contribution in [0.25, 0.3) is 0 Å². The van der Waals surface area contributed by atoms with Crippen molar-refractivity contribution in [2.24, 2.45) is 4.99 Å². The average molecular weight is 246 g/mol. The first-order valence-electron chi connectivity index (χ1n) is 6.22. The van der Waals surface area contributed by atoms with E-state index < -0.39 is 5.60 Å². The zero-order valence-electron chi connectivity index (χ0n) is 10.3. The first-order chi connectivity index (χ1) is 8.74. The SMILES string of the molecule is OCCCCc1cc(C2(O)C=CN=CC2)ccn1. The number of aryl methyl sites for hydroxylation is 1. The third kappa shape index (κ3) is 3.03. The summed E-state index contributed by atoms with van der Waals surface area (Å²) >= 11 is 0. The van der Waals surface area contributed by atoms with E-state index in [0.29, 0.717) is 6.42 Å². The molecule has 1 atom stereocenters. The maximum atomic E-state index is 10.5. The van der Waals surface area contributed by atoms with Gasteiger partial charge in [-0.1, -0.05) is 0 Å². The minimum Gasteiger partial charge on any atom is -0.396 e. The van der Waals surface area contributed by atoms with Crippen LogP contribution in [0, 0.1) is 0 Å². The molecule has 4 nitrogen and oxygen atoms in total. The molecule has 0 amide bonds. The Morgan fingerprint density at radius 1 is 1.33 bits per heavy atom. The molecule has 0 fully saturated rings. The van der Waals surface area contributed by atoms with Crippen LogP contribution in [-0.4, -0.2) is 28.0 Å². The fraction of sp³-hybridized carbons (Fsp3) is 0.429. The minimum absolute atomic E-state index is 0.211. The molecule has 0 saturated carbocycles. The van der Waals surface area contributed by atoms with Crippen LogP contribution in [0.4, 0.5) is 0 Å². The zero-order valence-corrected chi connectivity index (χ0v) is 10.3. The highest BCUT2D eigenvalue weighted by Crippen LogP contribution is 2.28. The molecule has 1 aliphatic heterocycles. The van der Waals surface area contributed by atoms with E-state index in [4.69, 9.17) is 5.11 Å². The number of rotatable bonds is 5. The largest absolute Gasteiger partial charge is 0.396 e. The number of nitrogens with zero attached hydrogens (tertiary/aromatic N) is 2. The van der Waals surface area contributed by atoms with E-state index in [-0.39, 0.29) is 6.61 Å². The summed E-state index contributed by atoms with van der Waals surface area (Å²) in [4.78, 5) is 8.26. The highest BCUT2D eigenvalue weighted by atomic mass is 16.3. The standard InChI is InChI=1S/C14H18N2O2/c17-10-2-1-3-13-11-12(4-7-16-13)14(18)5-8-15-9-6-14/h4-5,7-9,11,17-18H,1-3,6,10H2. The Hall–Kier alpha value is -1.52. The smallest absolute Gasteiger partial charge is 0.115 e. The summed E-state index contributed by atoms with van der Waals surface area (Å²) in [6, 6.07) is 3.76. The van der Waals surface area contributed by atoms with Crippen molar-refractivity contribution in [3.05, 3.63) is 41.9 Å². The molecule has 2 rings (SSSR count). The molecule has 1 aliphatic rings. The van der Waals surface area contributed by atoms with Gasteiger partial charge in [0, 0.05) is 37.3 Å². The van der Waals surface area contributed by atoms with Crippen LogP contribution in [0.5, 0.6) is 0 Å². The zero-order chi connectivity index (χ0) is 12.8. The first kappa shape index (κ1) is 12.9. The number of hydrogen-bond donors (Lipinski definition) is 2. The van der Waals surface area contributed by atoms with Crippen molar-refractivity contribution >= 4 is 6.21 Å².